The fourth-order valence-electron chi connectivity index (χ4n) is 2.76. The molecule has 1 aromatic rings. The van der Waals surface area contributed by atoms with Crippen LogP contribution in [0, 0.1) is 6.92 Å². The van der Waals surface area contributed by atoms with Crippen LogP contribution in [0.2, 0.25) is 0 Å². The summed E-state index contributed by atoms with van der Waals surface area (Å²) in [7, 11) is 1.54. The standard InChI is InChI=1S/C21H33N3O4S/c1-13(2)22-18(25)17(15-10-8-9-14(3)11-15)24(7)19(26)16(12-29)23-20(27)28-21(4,5)6/h8-11,13,16-17,29H,12H2,1-7H3,(H,22,25)(H,23,27). The van der Waals surface area contributed by atoms with Gasteiger partial charge in [-0.3, -0.25) is 9.59 Å². The lowest BCUT2D eigenvalue weighted by Gasteiger charge is -2.31. The van der Waals surface area contributed by atoms with Crippen molar-refractivity contribution >= 4 is 30.5 Å². The Labute approximate surface area is 179 Å². The minimum atomic E-state index is -0.933. The highest BCUT2D eigenvalue weighted by Crippen LogP contribution is 2.22. The predicted octanol–water partition coefficient (Wildman–Crippen LogP) is 2.84. The van der Waals surface area contributed by atoms with E-state index in [1.807, 2.05) is 39.0 Å². The molecule has 3 amide bonds. The van der Waals surface area contributed by atoms with Crippen LogP contribution in [0.1, 0.15) is 51.8 Å². The van der Waals surface area contributed by atoms with Crippen LogP contribution in [0.15, 0.2) is 24.3 Å². The van der Waals surface area contributed by atoms with E-state index < -0.39 is 29.7 Å². The molecular formula is C21H33N3O4S. The van der Waals surface area contributed by atoms with Crippen molar-refractivity contribution in [1.82, 2.24) is 15.5 Å². The summed E-state index contributed by atoms with van der Waals surface area (Å²) in [6, 6.07) is 5.57. The number of hydrogen-bond donors (Lipinski definition) is 3. The first-order valence-electron chi connectivity index (χ1n) is 9.59. The van der Waals surface area contributed by atoms with Crippen molar-refractivity contribution in [3.63, 3.8) is 0 Å². The zero-order chi connectivity index (χ0) is 22.4. The number of rotatable bonds is 7. The van der Waals surface area contributed by atoms with E-state index in [-0.39, 0.29) is 17.7 Å². The maximum atomic E-state index is 13.1. The van der Waals surface area contributed by atoms with Crippen molar-refractivity contribution in [3.8, 4) is 0 Å². The monoisotopic (exact) mass is 423 g/mol. The normalized spacial score (nSPS) is 13.4. The molecule has 0 aromatic heterocycles. The predicted molar refractivity (Wildman–Crippen MR) is 117 cm³/mol. The van der Waals surface area contributed by atoms with Gasteiger partial charge in [-0.05, 0) is 47.1 Å². The summed E-state index contributed by atoms with van der Waals surface area (Å²) in [4.78, 5) is 39.4. The van der Waals surface area contributed by atoms with Gasteiger partial charge in [0, 0.05) is 18.8 Å². The number of nitrogens with zero attached hydrogens (tertiary/aromatic N) is 1. The van der Waals surface area contributed by atoms with E-state index in [0.29, 0.717) is 5.56 Å². The summed E-state index contributed by atoms with van der Waals surface area (Å²) in [5.41, 5.74) is 0.971. The molecule has 0 spiro atoms. The summed E-state index contributed by atoms with van der Waals surface area (Å²) < 4.78 is 5.23. The van der Waals surface area contributed by atoms with E-state index >= 15 is 0 Å². The summed E-state index contributed by atoms with van der Waals surface area (Å²) >= 11 is 4.20. The van der Waals surface area contributed by atoms with Crippen LogP contribution >= 0.6 is 12.6 Å². The average Bonchev–Trinajstić information content (AvgIpc) is 2.57. The molecule has 2 atom stereocenters. The molecule has 0 aliphatic rings. The Hall–Kier alpha value is -2.22. The van der Waals surface area contributed by atoms with Crippen molar-refractivity contribution in [2.24, 2.45) is 0 Å². The van der Waals surface area contributed by atoms with Crippen LogP contribution in [0.5, 0.6) is 0 Å². The van der Waals surface area contributed by atoms with E-state index in [4.69, 9.17) is 4.74 Å². The quantitative estimate of drug-likeness (QED) is 0.589. The molecule has 0 aliphatic carbocycles. The first-order valence-corrected chi connectivity index (χ1v) is 10.2. The van der Waals surface area contributed by atoms with Crippen LogP contribution in [0.25, 0.3) is 0 Å². The third-order valence-corrected chi connectivity index (χ3v) is 4.31. The lowest BCUT2D eigenvalue weighted by Crippen LogP contribution is -2.53. The molecule has 0 bridgehead atoms. The van der Waals surface area contributed by atoms with E-state index in [1.165, 1.54) is 4.90 Å². The van der Waals surface area contributed by atoms with Crippen LogP contribution in [-0.4, -0.2) is 53.3 Å². The fourth-order valence-corrected chi connectivity index (χ4v) is 3.01. The Balaban J connectivity index is 3.12. The van der Waals surface area contributed by atoms with E-state index in [0.717, 1.165) is 5.56 Å². The zero-order valence-corrected chi connectivity index (χ0v) is 19.2. The van der Waals surface area contributed by atoms with E-state index in [9.17, 15) is 14.4 Å². The number of benzene rings is 1. The zero-order valence-electron chi connectivity index (χ0n) is 18.3. The van der Waals surface area contributed by atoms with Gasteiger partial charge < -0.3 is 20.3 Å². The fraction of sp³-hybridized carbons (Fsp3) is 0.571. The van der Waals surface area contributed by atoms with Crippen LogP contribution in [-0.2, 0) is 14.3 Å². The van der Waals surface area contributed by atoms with Gasteiger partial charge in [0.1, 0.15) is 17.7 Å². The number of hydrogen-bond acceptors (Lipinski definition) is 5. The van der Waals surface area contributed by atoms with Gasteiger partial charge in [0.15, 0.2) is 0 Å². The van der Waals surface area contributed by atoms with Crippen molar-refractivity contribution in [2.75, 3.05) is 12.8 Å². The maximum absolute atomic E-state index is 13.1. The Bertz CT molecular complexity index is 731. The van der Waals surface area contributed by atoms with Gasteiger partial charge in [-0.25, -0.2) is 4.79 Å². The number of nitrogens with one attached hydrogen (secondary N) is 2. The van der Waals surface area contributed by atoms with Crippen LogP contribution in [0.3, 0.4) is 0 Å². The third-order valence-electron chi connectivity index (χ3n) is 3.94. The number of ether oxygens (including phenoxy) is 1. The molecule has 0 aliphatic heterocycles. The first-order chi connectivity index (χ1) is 13.4. The minimum absolute atomic E-state index is 0.0642. The van der Waals surface area contributed by atoms with Gasteiger partial charge in [-0.15, -0.1) is 0 Å². The number of carbonyl (C=O) groups excluding carboxylic acids is 3. The Morgan fingerprint density at radius 2 is 1.79 bits per heavy atom. The van der Waals surface area contributed by atoms with Gasteiger partial charge >= 0.3 is 6.09 Å². The van der Waals surface area contributed by atoms with Gasteiger partial charge in [0.05, 0.1) is 0 Å². The number of aryl methyl sites for hydroxylation is 1. The van der Waals surface area contributed by atoms with E-state index in [2.05, 4.69) is 23.3 Å². The maximum Gasteiger partial charge on any atom is 0.408 e. The Morgan fingerprint density at radius 3 is 2.28 bits per heavy atom. The SMILES string of the molecule is Cc1cccc(C(C(=O)NC(C)C)N(C)C(=O)C(CS)NC(=O)OC(C)(C)C)c1. The second-order valence-corrected chi connectivity index (χ2v) is 8.68. The number of amides is 3. The largest absolute Gasteiger partial charge is 0.444 e. The van der Waals surface area contributed by atoms with Crippen molar-refractivity contribution < 1.29 is 19.1 Å². The lowest BCUT2D eigenvalue weighted by atomic mass is 10.0. The molecule has 2 unspecified atom stereocenters. The highest BCUT2D eigenvalue weighted by atomic mass is 32.1. The molecular weight excluding hydrogens is 390 g/mol. The summed E-state index contributed by atoms with van der Waals surface area (Å²) in [5.74, 6) is -0.665. The Kier molecular flexibility index (Phi) is 9.01. The smallest absolute Gasteiger partial charge is 0.408 e. The van der Waals surface area contributed by atoms with Crippen molar-refractivity contribution in [2.45, 2.75) is 65.3 Å². The third kappa shape index (κ3) is 7.97. The molecule has 8 heteroatoms. The van der Waals surface area contributed by atoms with Crippen molar-refractivity contribution in [1.29, 1.82) is 0 Å². The number of thiol groups is 1. The van der Waals surface area contributed by atoms with Gasteiger partial charge in [-0.1, -0.05) is 29.8 Å². The summed E-state index contributed by atoms with van der Waals surface area (Å²) in [6.45, 7) is 10.8. The van der Waals surface area contributed by atoms with Crippen LogP contribution < -0.4 is 10.6 Å². The first kappa shape index (κ1) is 24.8. The second-order valence-electron chi connectivity index (χ2n) is 8.31. The summed E-state index contributed by atoms with van der Waals surface area (Å²) in [5, 5.41) is 5.40. The van der Waals surface area contributed by atoms with Gasteiger partial charge in [-0.2, -0.15) is 12.6 Å². The minimum Gasteiger partial charge on any atom is -0.444 e. The van der Waals surface area contributed by atoms with Gasteiger partial charge in [0.25, 0.3) is 0 Å². The highest BCUT2D eigenvalue weighted by molar-refractivity contribution is 7.80. The molecule has 0 saturated heterocycles. The topological polar surface area (TPSA) is 87.7 Å². The molecule has 162 valence electrons. The molecule has 0 heterocycles. The van der Waals surface area contributed by atoms with Crippen molar-refractivity contribution in [3.05, 3.63) is 35.4 Å². The lowest BCUT2D eigenvalue weighted by molar-refractivity contribution is -0.140. The van der Waals surface area contributed by atoms with Gasteiger partial charge in [0.2, 0.25) is 11.8 Å². The number of carbonyl (C=O) groups is 3. The second kappa shape index (κ2) is 10.5. The molecule has 1 aromatic carbocycles. The Morgan fingerprint density at radius 1 is 1.17 bits per heavy atom. The molecule has 2 N–H and O–H groups in total. The molecule has 0 fully saturated rings. The molecule has 0 radical (unpaired) electrons. The average molecular weight is 424 g/mol. The van der Waals surface area contributed by atoms with E-state index in [1.54, 1.807) is 33.9 Å². The van der Waals surface area contributed by atoms with Crippen LogP contribution in [0.4, 0.5) is 4.79 Å². The molecule has 7 nitrogen and oxygen atoms in total. The number of likely N-dealkylation sites (N-methyl/N-ethyl adjacent to an activating group) is 1. The molecule has 29 heavy (non-hydrogen) atoms. The number of alkyl carbamates (subject to hydrolysis) is 1. The molecule has 1 rings (SSSR count). The summed E-state index contributed by atoms with van der Waals surface area (Å²) in [6.07, 6.45) is -0.711. The highest BCUT2D eigenvalue weighted by Gasteiger charge is 2.33. The molecule has 0 saturated carbocycles.